The van der Waals surface area contributed by atoms with Gasteiger partial charge in [0.25, 0.3) is 0 Å². The molecule has 0 radical (unpaired) electrons. The normalized spacial score (nSPS) is 36.1. The molecule has 5 nitrogen and oxygen atoms in total. The van der Waals surface area contributed by atoms with Crippen molar-refractivity contribution in [2.75, 3.05) is 14.2 Å². The average Bonchev–Trinajstić information content (AvgIpc) is 2.50. The molecule has 1 aliphatic heterocycles. The van der Waals surface area contributed by atoms with E-state index in [9.17, 15) is 10.2 Å². The molecular weight excluding hydrogens is 200 g/mol. The van der Waals surface area contributed by atoms with Gasteiger partial charge in [-0.2, -0.15) is 0 Å². The van der Waals surface area contributed by atoms with Crippen molar-refractivity contribution < 1.29 is 24.4 Å². The fourth-order valence-electron chi connectivity index (χ4n) is 1.73. The van der Waals surface area contributed by atoms with Crippen LogP contribution in [0.4, 0.5) is 0 Å². The van der Waals surface area contributed by atoms with Crippen molar-refractivity contribution in [2.24, 2.45) is 0 Å². The maximum absolute atomic E-state index is 9.72. The Labute approximate surface area is 89.3 Å². The fraction of sp³-hybridized carbons (Fsp3) is 0.800. The molecule has 15 heavy (non-hydrogen) atoms. The molecule has 0 aliphatic carbocycles. The number of methoxy groups -OCH3 is 2. The summed E-state index contributed by atoms with van der Waals surface area (Å²) < 4.78 is 15.4. The van der Waals surface area contributed by atoms with Crippen LogP contribution in [0.1, 0.15) is 6.42 Å². The van der Waals surface area contributed by atoms with Crippen LogP contribution in [-0.2, 0) is 14.2 Å². The smallest absolute Gasteiger partial charge is 0.185 e. The number of rotatable bonds is 5. The minimum absolute atomic E-state index is 0.449. The van der Waals surface area contributed by atoms with Crippen molar-refractivity contribution in [3.8, 4) is 0 Å². The van der Waals surface area contributed by atoms with Crippen molar-refractivity contribution in [1.82, 2.24) is 0 Å². The Morgan fingerprint density at radius 2 is 1.93 bits per heavy atom. The number of hydrogen-bond donors (Lipinski definition) is 2. The lowest BCUT2D eigenvalue weighted by atomic mass is 10.1. The van der Waals surface area contributed by atoms with E-state index in [-0.39, 0.29) is 0 Å². The lowest BCUT2D eigenvalue weighted by Crippen LogP contribution is -2.40. The van der Waals surface area contributed by atoms with E-state index >= 15 is 0 Å². The van der Waals surface area contributed by atoms with Crippen LogP contribution in [0.2, 0.25) is 0 Å². The van der Waals surface area contributed by atoms with Crippen molar-refractivity contribution in [1.29, 1.82) is 0 Å². The van der Waals surface area contributed by atoms with Gasteiger partial charge in [0, 0.05) is 14.2 Å². The Bertz CT molecular complexity index is 204. The van der Waals surface area contributed by atoms with E-state index in [1.165, 1.54) is 14.2 Å². The third-order valence-electron chi connectivity index (χ3n) is 2.53. The zero-order chi connectivity index (χ0) is 11.4. The van der Waals surface area contributed by atoms with Crippen LogP contribution in [0.25, 0.3) is 0 Å². The third kappa shape index (κ3) is 2.56. The van der Waals surface area contributed by atoms with Gasteiger partial charge < -0.3 is 24.4 Å². The van der Waals surface area contributed by atoms with Crippen molar-refractivity contribution in [2.45, 2.75) is 37.1 Å². The van der Waals surface area contributed by atoms with Gasteiger partial charge in [-0.1, -0.05) is 6.08 Å². The molecule has 0 aromatic rings. The van der Waals surface area contributed by atoms with E-state index < -0.39 is 30.7 Å². The maximum atomic E-state index is 9.72. The van der Waals surface area contributed by atoms with Crippen LogP contribution in [-0.4, -0.2) is 55.1 Å². The fourth-order valence-corrected chi connectivity index (χ4v) is 1.73. The Kier molecular flexibility index (Phi) is 4.69. The highest BCUT2D eigenvalue weighted by molar-refractivity contribution is 4.94. The number of aliphatic hydroxyl groups is 2. The van der Waals surface area contributed by atoms with Gasteiger partial charge >= 0.3 is 0 Å². The van der Waals surface area contributed by atoms with Crippen molar-refractivity contribution >= 4 is 0 Å². The molecular formula is C10H18O5. The highest BCUT2D eigenvalue weighted by Gasteiger charge is 2.46. The second-order valence-electron chi connectivity index (χ2n) is 3.48. The molecule has 1 fully saturated rings. The zero-order valence-electron chi connectivity index (χ0n) is 9.00. The molecule has 0 saturated carbocycles. The summed E-state index contributed by atoms with van der Waals surface area (Å²) >= 11 is 0. The predicted molar refractivity (Wildman–Crippen MR) is 53.3 cm³/mol. The van der Waals surface area contributed by atoms with Crippen LogP contribution in [0.3, 0.4) is 0 Å². The van der Waals surface area contributed by atoms with Gasteiger partial charge in [-0.15, -0.1) is 6.58 Å². The van der Waals surface area contributed by atoms with E-state index in [0.717, 1.165) is 0 Å². The molecule has 88 valence electrons. The average molecular weight is 218 g/mol. The van der Waals surface area contributed by atoms with Crippen LogP contribution in [0.5, 0.6) is 0 Å². The molecule has 0 unspecified atom stereocenters. The first-order chi connectivity index (χ1) is 7.15. The first kappa shape index (κ1) is 12.6. The summed E-state index contributed by atoms with van der Waals surface area (Å²) in [5, 5.41) is 19.4. The van der Waals surface area contributed by atoms with Gasteiger partial charge in [0.2, 0.25) is 0 Å². The standard InChI is InChI=1S/C10H18O5/c1-4-5-6-7(11)8(12)9(15-6)10(13-2)14-3/h4,6-12H,1,5H2,2-3H3/t6-,7+,8-,9-/m0/s1. The predicted octanol–water partition coefficient (Wildman–Crippen LogP) is -0.329. The summed E-state index contributed by atoms with van der Waals surface area (Å²) in [6.45, 7) is 3.56. The number of ether oxygens (including phenoxy) is 3. The molecule has 0 aromatic carbocycles. The van der Waals surface area contributed by atoms with E-state index in [0.29, 0.717) is 6.42 Å². The second-order valence-corrected chi connectivity index (χ2v) is 3.48. The SMILES string of the molecule is C=CC[C@@H]1O[C@H](C(OC)OC)[C@@H](O)[C@@H]1O. The minimum atomic E-state index is -1.00. The Hall–Kier alpha value is -0.460. The minimum Gasteiger partial charge on any atom is -0.388 e. The molecule has 1 heterocycles. The molecule has 4 atom stereocenters. The Morgan fingerprint density at radius 3 is 2.40 bits per heavy atom. The van der Waals surface area contributed by atoms with Gasteiger partial charge in [-0.05, 0) is 6.42 Å². The largest absolute Gasteiger partial charge is 0.388 e. The van der Waals surface area contributed by atoms with Crippen LogP contribution < -0.4 is 0 Å². The second kappa shape index (κ2) is 5.58. The van der Waals surface area contributed by atoms with Gasteiger partial charge in [-0.25, -0.2) is 0 Å². The summed E-state index contributed by atoms with van der Waals surface area (Å²) in [4.78, 5) is 0. The van der Waals surface area contributed by atoms with E-state index in [1.807, 2.05) is 0 Å². The first-order valence-electron chi connectivity index (χ1n) is 4.83. The third-order valence-corrected chi connectivity index (χ3v) is 2.53. The monoisotopic (exact) mass is 218 g/mol. The highest BCUT2D eigenvalue weighted by atomic mass is 16.7. The summed E-state index contributed by atoms with van der Waals surface area (Å²) in [5.74, 6) is 0. The first-order valence-corrected chi connectivity index (χ1v) is 4.83. The summed E-state index contributed by atoms with van der Waals surface area (Å²) in [6, 6.07) is 0. The zero-order valence-corrected chi connectivity index (χ0v) is 9.00. The Balaban J connectivity index is 2.64. The van der Waals surface area contributed by atoms with Gasteiger partial charge in [0.1, 0.15) is 18.3 Å². The highest BCUT2D eigenvalue weighted by Crippen LogP contribution is 2.27. The molecule has 5 heteroatoms. The number of aliphatic hydroxyl groups excluding tert-OH is 2. The molecule has 1 rings (SSSR count). The van der Waals surface area contributed by atoms with Gasteiger partial charge in [0.15, 0.2) is 6.29 Å². The quantitative estimate of drug-likeness (QED) is 0.488. The molecule has 2 N–H and O–H groups in total. The van der Waals surface area contributed by atoms with E-state index in [1.54, 1.807) is 6.08 Å². The van der Waals surface area contributed by atoms with Crippen molar-refractivity contribution in [3.63, 3.8) is 0 Å². The van der Waals surface area contributed by atoms with E-state index in [2.05, 4.69) is 6.58 Å². The molecule has 0 amide bonds. The van der Waals surface area contributed by atoms with Crippen LogP contribution in [0, 0.1) is 0 Å². The maximum Gasteiger partial charge on any atom is 0.185 e. The molecule has 0 bridgehead atoms. The van der Waals surface area contributed by atoms with Gasteiger partial charge in [-0.3, -0.25) is 0 Å². The topological polar surface area (TPSA) is 68.2 Å². The van der Waals surface area contributed by atoms with Crippen LogP contribution in [0.15, 0.2) is 12.7 Å². The van der Waals surface area contributed by atoms with Crippen LogP contribution >= 0.6 is 0 Å². The van der Waals surface area contributed by atoms with E-state index in [4.69, 9.17) is 14.2 Å². The lowest BCUT2D eigenvalue weighted by Gasteiger charge is -2.22. The lowest BCUT2D eigenvalue weighted by molar-refractivity contribution is -0.191. The van der Waals surface area contributed by atoms with Gasteiger partial charge in [0.05, 0.1) is 6.10 Å². The van der Waals surface area contributed by atoms with Crippen molar-refractivity contribution in [3.05, 3.63) is 12.7 Å². The molecule has 0 aromatic heterocycles. The molecule has 1 aliphatic rings. The molecule has 1 saturated heterocycles. The summed E-state index contributed by atoms with van der Waals surface area (Å²) in [7, 11) is 2.91. The number of hydrogen-bond acceptors (Lipinski definition) is 5. The Morgan fingerprint density at radius 1 is 1.33 bits per heavy atom. The summed E-state index contributed by atoms with van der Waals surface area (Å²) in [5.41, 5.74) is 0. The molecule has 0 spiro atoms. The summed E-state index contributed by atoms with van der Waals surface area (Å²) in [6.07, 6.45) is -1.60.